The van der Waals surface area contributed by atoms with Crippen LogP contribution in [0.15, 0.2) is 103 Å². The van der Waals surface area contributed by atoms with Crippen LogP contribution in [-0.4, -0.2) is 39.9 Å². The van der Waals surface area contributed by atoms with Crippen LogP contribution in [0.3, 0.4) is 0 Å². The summed E-state index contributed by atoms with van der Waals surface area (Å²) in [6, 6.07) is 24.8. The third kappa shape index (κ3) is 4.99. The molecule has 1 atom stereocenters. The van der Waals surface area contributed by atoms with E-state index in [1.54, 1.807) is 54.9 Å². The molecule has 40 heavy (non-hydrogen) atoms. The molecule has 0 saturated carbocycles. The van der Waals surface area contributed by atoms with Crippen LogP contribution in [0.25, 0.3) is 5.76 Å². The average molecular weight is 535 g/mol. The quantitative estimate of drug-likeness (QED) is 0.201. The third-order valence-corrected chi connectivity index (χ3v) is 6.90. The summed E-state index contributed by atoms with van der Waals surface area (Å²) in [4.78, 5) is 32.3. The number of benzene rings is 3. The van der Waals surface area contributed by atoms with Crippen molar-refractivity contribution in [1.29, 1.82) is 0 Å². The summed E-state index contributed by atoms with van der Waals surface area (Å²) in [6.07, 6.45) is 3.27. The largest absolute Gasteiger partial charge is 0.507 e. The highest BCUT2D eigenvalue weighted by Crippen LogP contribution is 2.42. The van der Waals surface area contributed by atoms with Gasteiger partial charge in [0.2, 0.25) is 0 Å². The van der Waals surface area contributed by atoms with Crippen molar-refractivity contribution < 1.29 is 28.9 Å². The van der Waals surface area contributed by atoms with Gasteiger partial charge in [0.1, 0.15) is 31.3 Å². The lowest BCUT2D eigenvalue weighted by atomic mass is 9.95. The zero-order chi connectivity index (χ0) is 27.5. The summed E-state index contributed by atoms with van der Waals surface area (Å²) in [5.41, 5.74) is 2.88. The van der Waals surface area contributed by atoms with Gasteiger partial charge < -0.3 is 24.2 Å². The smallest absolute Gasteiger partial charge is 0.295 e. The van der Waals surface area contributed by atoms with Crippen LogP contribution in [0.2, 0.25) is 0 Å². The summed E-state index contributed by atoms with van der Waals surface area (Å²) < 4.78 is 17.2. The number of pyridine rings is 1. The molecular weight excluding hydrogens is 508 g/mol. The number of hydrogen-bond acceptors (Lipinski definition) is 7. The van der Waals surface area contributed by atoms with Crippen molar-refractivity contribution in [3.63, 3.8) is 0 Å². The Bertz CT molecular complexity index is 1570. The second-order valence-electron chi connectivity index (χ2n) is 9.48. The Balaban J connectivity index is 1.37. The number of amides is 1. The van der Waals surface area contributed by atoms with Crippen molar-refractivity contribution in [3.8, 4) is 17.2 Å². The van der Waals surface area contributed by atoms with Crippen molar-refractivity contribution in [2.45, 2.75) is 19.2 Å². The molecule has 8 heteroatoms. The van der Waals surface area contributed by atoms with Crippen molar-refractivity contribution in [2.75, 3.05) is 13.2 Å². The Morgan fingerprint density at radius 2 is 1.60 bits per heavy atom. The topological polar surface area (TPSA) is 98.2 Å². The number of Topliss-reactive ketones (excluding diaryl/α,β-unsaturated/α-hetero) is 1. The molecule has 0 unspecified atom stereocenters. The maximum atomic E-state index is 13.4. The van der Waals surface area contributed by atoms with Gasteiger partial charge >= 0.3 is 0 Å². The Morgan fingerprint density at radius 3 is 2.35 bits per heavy atom. The molecule has 2 aliphatic heterocycles. The number of aliphatic hydroxyl groups is 1. The maximum absolute atomic E-state index is 13.4. The number of hydrogen-bond donors (Lipinski definition) is 1. The molecule has 0 aliphatic carbocycles. The molecule has 3 heterocycles. The summed E-state index contributed by atoms with van der Waals surface area (Å²) in [7, 11) is 0. The van der Waals surface area contributed by atoms with E-state index in [2.05, 4.69) is 4.98 Å². The normalized spacial score (nSPS) is 17.6. The fourth-order valence-electron chi connectivity index (χ4n) is 4.91. The molecule has 1 saturated heterocycles. The standard InChI is InChI=1S/C32H26N2O6/c35-30(24-8-11-26-27(18-24)39-17-16-38-26)28-29(34(32(37)31(28)36)19-21-12-14-33-15-13-21)23-6-9-25(10-7-23)40-20-22-4-2-1-3-5-22/h1-15,18,29,35H,16-17,19-20H2/t29-/m0/s1. The molecule has 4 aromatic rings. The fourth-order valence-corrected chi connectivity index (χ4v) is 4.91. The molecule has 3 aromatic carbocycles. The van der Waals surface area contributed by atoms with Crippen molar-refractivity contribution in [1.82, 2.24) is 9.88 Å². The molecule has 1 aromatic heterocycles. The first-order chi connectivity index (χ1) is 19.6. The Labute approximate surface area is 231 Å². The van der Waals surface area contributed by atoms with Crippen LogP contribution in [0.5, 0.6) is 17.2 Å². The molecule has 1 fully saturated rings. The fraction of sp³-hybridized carbons (Fsp3) is 0.156. The minimum absolute atomic E-state index is 0.00804. The first kappa shape index (κ1) is 25.2. The number of aromatic nitrogens is 1. The van der Waals surface area contributed by atoms with Gasteiger partial charge in [-0.2, -0.15) is 0 Å². The number of likely N-dealkylation sites (tertiary alicyclic amines) is 1. The number of fused-ring (bicyclic) bond motifs is 1. The van der Waals surface area contributed by atoms with Crippen LogP contribution in [0, 0.1) is 0 Å². The van der Waals surface area contributed by atoms with Gasteiger partial charge in [-0.25, -0.2) is 0 Å². The van der Waals surface area contributed by atoms with Gasteiger partial charge in [0, 0.05) is 24.5 Å². The number of nitrogens with zero attached hydrogens (tertiary/aromatic N) is 2. The van der Waals surface area contributed by atoms with Crippen LogP contribution in [0.4, 0.5) is 0 Å². The molecule has 0 spiro atoms. The predicted molar refractivity (Wildman–Crippen MR) is 147 cm³/mol. The highest BCUT2D eigenvalue weighted by molar-refractivity contribution is 6.46. The first-order valence-corrected chi connectivity index (χ1v) is 12.9. The van der Waals surface area contributed by atoms with Crippen LogP contribution in [0.1, 0.15) is 28.3 Å². The average Bonchev–Trinajstić information content (AvgIpc) is 3.25. The van der Waals surface area contributed by atoms with Crippen molar-refractivity contribution in [3.05, 3.63) is 125 Å². The first-order valence-electron chi connectivity index (χ1n) is 12.9. The van der Waals surface area contributed by atoms with E-state index in [1.165, 1.54) is 4.90 Å². The highest BCUT2D eigenvalue weighted by Gasteiger charge is 2.46. The molecule has 200 valence electrons. The zero-order valence-corrected chi connectivity index (χ0v) is 21.5. The monoisotopic (exact) mass is 534 g/mol. The number of carbonyl (C=O) groups is 2. The van der Waals surface area contributed by atoms with Gasteiger partial charge in [-0.3, -0.25) is 14.6 Å². The lowest BCUT2D eigenvalue weighted by Gasteiger charge is -2.26. The summed E-state index contributed by atoms with van der Waals surface area (Å²) in [5, 5.41) is 11.4. The highest BCUT2D eigenvalue weighted by atomic mass is 16.6. The SMILES string of the molecule is O=C1C(=O)N(Cc2ccncc2)[C@@H](c2ccc(OCc3ccccc3)cc2)C1=C(O)c1ccc2c(c1)OCCO2. The van der Waals surface area contributed by atoms with Gasteiger partial charge in [-0.15, -0.1) is 0 Å². The zero-order valence-electron chi connectivity index (χ0n) is 21.5. The van der Waals surface area contributed by atoms with Crippen LogP contribution in [-0.2, 0) is 22.7 Å². The van der Waals surface area contributed by atoms with Crippen LogP contribution >= 0.6 is 0 Å². The van der Waals surface area contributed by atoms with E-state index >= 15 is 0 Å². The summed E-state index contributed by atoms with van der Waals surface area (Å²) >= 11 is 0. The van der Waals surface area contributed by atoms with E-state index in [4.69, 9.17) is 14.2 Å². The Kier molecular flexibility index (Phi) is 6.89. The van der Waals surface area contributed by atoms with Gasteiger partial charge in [0.05, 0.1) is 11.6 Å². The number of ether oxygens (including phenoxy) is 3. The molecular formula is C32H26N2O6. The number of carbonyl (C=O) groups excluding carboxylic acids is 2. The maximum Gasteiger partial charge on any atom is 0.295 e. The van der Waals surface area contributed by atoms with Crippen LogP contribution < -0.4 is 14.2 Å². The van der Waals surface area contributed by atoms with E-state index in [0.29, 0.717) is 48.2 Å². The molecule has 1 amide bonds. The van der Waals surface area contributed by atoms with E-state index in [0.717, 1.165) is 11.1 Å². The molecule has 0 bridgehead atoms. The molecule has 0 radical (unpaired) electrons. The predicted octanol–water partition coefficient (Wildman–Crippen LogP) is 5.05. The number of aliphatic hydroxyl groups excluding tert-OH is 1. The van der Waals surface area contributed by atoms with Gasteiger partial charge in [-0.05, 0) is 59.2 Å². The molecule has 8 nitrogen and oxygen atoms in total. The van der Waals surface area contributed by atoms with Gasteiger partial charge in [-0.1, -0.05) is 42.5 Å². The molecule has 1 N–H and O–H groups in total. The summed E-state index contributed by atoms with van der Waals surface area (Å²) in [6.45, 7) is 1.39. The van der Waals surface area contributed by atoms with E-state index in [1.807, 2.05) is 42.5 Å². The van der Waals surface area contributed by atoms with E-state index in [-0.39, 0.29) is 17.9 Å². The van der Waals surface area contributed by atoms with E-state index in [9.17, 15) is 14.7 Å². The van der Waals surface area contributed by atoms with Gasteiger partial charge in [0.15, 0.2) is 11.5 Å². The van der Waals surface area contributed by atoms with Crippen molar-refractivity contribution >= 4 is 17.4 Å². The Morgan fingerprint density at radius 1 is 0.875 bits per heavy atom. The minimum atomic E-state index is -0.815. The second kappa shape index (κ2) is 10.9. The number of ketones is 1. The van der Waals surface area contributed by atoms with Gasteiger partial charge in [0.25, 0.3) is 11.7 Å². The van der Waals surface area contributed by atoms with E-state index < -0.39 is 17.7 Å². The summed E-state index contributed by atoms with van der Waals surface area (Å²) in [5.74, 6) is -0.0463. The third-order valence-electron chi connectivity index (χ3n) is 6.90. The molecule has 2 aliphatic rings. The Hall–Kier alpha value is -5.11. The second-order valence-corrected chi connectivity index (χ2v) is 9.48. The lowest BCUT2D eigenvalue weighted by Crippen LogP contribution is -2.29. The van der Waals surface area contributed by atoms with Crippen molar-refractivity contribution in [2.24, 2.45) is 0 Å². The minimum Gasteiger partial charge on any atom is -0.507 e. The lowest BCUT2D eigenvalue weighted by molar-refractivity contribution is -0.140. The number of rotatable bonds is 7. The molecule has 6 rings (SSSR count).